The molecule has 4 rings (SSSR count). The number of esters is 1. The zero-order chi connectivity index (χ0) is 21.4. The highest BCUT2D eigenvalue weighted by molar-refractivity contribution is 6.36. The standard InChI is InChI=1S/C24H16Cl2O4/c1-13-3-4-15(9-14(13)2)24(28)30-17-6-8-19-22(11-17)29-12-20(23(19)27)18-7-5-16(25)10-21(18)26/h3-12H,1-2H3. The molecule has 30 heavy (non-hydrogen) atoms. The lowest BCUT2D eigenvalue weighted by Gasteiger charge is -2.08. The molecule has 0 aliphatic rings. The van der Waals surface area contributed by atoms with E-state index in [9.17, 15) is 9.59 Å². The van der Waals surface area contributed by atoms with E-state index in [-0.39, 0.29) is 11.2 Å². The molecule has 4 aromatic rings. The van der Waals surface area contributed by atoms with Crippen LogP contribution in [0.2, 0.25) is 10.0 Å². The van der Waals surface area contributed by atoms with Crippen LogP contribution in [0.4, 0.5) is 0 Å². The van der Waals surface area contributed by atoms with E-state index in [1.165, 1.54) is 12.3 Å². The summed E-state index contributed by atoms with van der Waals surface area (Å²) in [5.41, 5.74) is 3.46. The zero-order valence-corrected chi connectivity index (χ0v) is 17.7. The number of fused-ring (bicyclic) bond motifs is 1. The van der Waals surface area contributed by atoms with Gasteiger partial charge in [0.05, 0.1) is 21.5 Å². The first-order chi connectivity index (χ1) is 14.3. The topological polar surface area (TPSA) is 56.5 Å². The van der Waals surface area contributed by atoms with Crippen LogP contribution in [0.15, 0.2) is 70.1 Å². The van der Waals surface area contributed by atoms with Gasteiger partial charge in [-0.1, -0.05) is 35.3 Å². The van der Waals surface area contributed by atoms with Gasteiger partial charge in [0, 0.05) is 16.7 Å². The van der Waals surface area contributed by atoms with Crippen LogP contribution < -0.4 is 10.2 Å². The molecule has 0 aliphatic heterocycles. The Morgan fingerprint density at radius 1 is 0.900 bits per heavy atom. The first-order valence-electron chi connectivity index (χ1n) is 9.14. The monoisotopic (exact) mass is 438 g/mol. The Labute approximate surface area is 182 Å². The molecule has 4 nitrogen and oxygen atoms in total. The van der Waals surface area contributed by atoms with Gasteiger partial charge in [0.15, 0.2) is 0 Å². The number of halogens is 2. The van der Waals surface area contributed by atoms with E-state index in [4.69, 9.17) is 32.4 Å². The van der Waals surface area contributed by atoms with Gasteiger partial charge in [0.2, 0.25) is 5.43 Å². The van der Waals surface area contributed by atoms with Gasteiger partial charge in [0.25, 0.3) is 0 Å². The van der Waals surface area contributed by atoms with Crippen LogP contribution in [0, 0.1) is 13.8 Å². The number of hydrogen-bond donors (Lipinski definition) is 0. The van der Waals surface area contributed by atoms with Crippen molar-refractivity contribution in [2.24, 2.45) is 0 Å². The molecule has 0 unspecified atom stereocenters. The van der Waals surface area contributed by atoms with Crippen LogP contribution in [0.3, 0.4) is 0 Å². The smallest absolute Gasteiger partial charge is 0.343 e. The highest BCUT2D eigenvalue weighted by Gasteiger charge is 2.15. The molecule has 0 aliphatic carbocycles. The van der Waals surface area contributed by atoms with Crippen molar-refractivity contribution in [3.63, 3.8) is 0 Å². The SMILES string of the molecule is Cc1ccc(C(=O)Oc2ccc3c(=O)c(-c4ccc(Cl)cc4Cl)coc3c2)cc1C. The molecule has 0 spiro atoms. The molecular weight excluding hydrogens is 423 g/mol. The van der Waals surface area contributed by atoms with Crippen molar-refractivity contribution in [3.05, 3.63) is 97.8 Å². The van der Waals surface area contributed by atoms with Gasteiger partial charge in [-0.3, -0.25) is 4.79 Å². The molecule has 0 saturated heterocycles. The second kappa shape index (κ2) is 7.98. The number of hydrogen-bond acceptors (Lipinski definition) is 4. The van der Waals surface area contributed by atoms with Crippen molar-refractivity contribution in [2.45, 2.75) is 13.8 Å². The number of rotatable bonds is 3. The van der Waals surface area contributed by atoms with Crippen LogP contribution in [-0.2, 0) is 0 Å². The summed E-state index contributed by atoms with van der Waals surface area (Å²) in [5, 5.41) is 1.18. The number of carbonyl (C=O) groups is 1. The molecule has 0 fully saturated rings. The van der Waals surface area contributed by atoms with Crippen LogP contribution >= 0.6 is 23.2 Å². The Kier molecular flexibility index (Phi) is 5.37. The maximum absolute atomic E-state index is 12.9. The lowest BCUT2D eigenvalue weighted by Crippen LogP contribution is -2.09. The Morgan fingerprint density at radius 3 is 2.43 bits per heavy atom. The molecule has 0 bridgehead atoms. The van der Waals surface area contributed by atoms with Crippen molar-refractivity contribution in [2.75, 3.05) is 0 Å². The van der Waals surface area contributed by atoms with E-state index in [1.807, 2.05) is 19.9 Å². The maximum Gasteiger partial charge on any atom is 0.343 e. The fraction of sp³-hybridized carbons (Fsp3) is 0.0833. The Morgan fingerprint density at radius 2 is 1.70 bits per heavy atom. The summed E-state index contributed by atoms with van der Waals surface area (Å²) in [6.45, 7) is 3.91. The predicted octanol–water partition coefficient (Wildman–Crippen LogP) is 6.60. The van der Waals surface area contributed by atoms with E-state index in [2.05, 4.69) is 0 Å². The van der Waals surface area contributed by atoms with Crippen molar-refractivity contribution >= 4 is 40.1 Å². The van der Waals surface area contributed by atoms with Crippen molar-refractivity contribution < 1.29 is 13.9 Å². The minimum absolute atomic E-state index is 0.243. The third-order valence-corrected chi connectivity index (χ3v) is 5.47. The van der Waals surface area contributed by atoms with E-state index in [1.54, 1.807) is 42.5 Å². The third kappa shape index (κ3) is 3.84. The van der Waals surface area contributed by atoms with Crippen LogP contribution in [0.1, 0.15) is 21.5 Å². The molecule has 0 atom stereocenters. The number of ether oxygens (including phenoxy) is 1. The molecule has 0 radical (unpaired) electrons. The molecule has 150 valence electrons. The molecule has 0 N–H and O–H groups in total. The normalized spacial score (nSPS) is 10.9. The summed E-state index contributed by atoms with van der Waals surface area (Å²) >= 11 is 12.2. The zero-order valence-electron chi connectivity index (χ0n) is 16.2. The first-order valence-corrected chi connectivity index (χ1v) is 9.89. The lowest BCUT2D eigenvalue weighted by molar-refractivity contribution is 0.0735. The Balaban J connectivity index is 1.67. The summed E-state index contributed by atoms with van der Waals surface area (Å²) in [4.78, 5) is 25.4. The molecule has 6 heteroatoms. The lowest BCUT2D eigenvalue weighted by atomic mass is 10.1. The Bertz CT molecular complexity index is 1360. The van der Waals surface area contributed by atoms with Crippen LogP contribution in [0.5, 0.6) is 5.75 Å². The molecule has 3 aromatic carbocycles. The first kappa shape index (κ1) is 20.2. The average Bonchev–Trinajstić information content (AvgIpc) is 2.71. The van der Waals surface area contributed by atoms with Crippen molar-refractivity contribution in [1.29, 1.82) is 0 Å². The molecular formula is C24H16Cl2O4. The van der Waals surface area contributed by atoms with Crippen molar-refractivity contribution in [1.82, 2.24) is 0 Å². The summed E-state index contributed by atoms with van der Waals surface area (Å²) in [6.07, 6.45) is 1.34. The van der Waals surface area contributed by atoms with Gasteiger partial charge in [-0.05, 0) is 61.4 Å². The molecule has 0 saturated carbocycles. The minimum atomic E-state index is -0.482. The fourth-order valence-corrected chi connectivity index (χ4v) is 3.61. The summed E-state index contributed by atoms with van der Waals surface area (Å²) in [5.74, 6) is -0.199. The van der Waals surface area contributed by atoms with Gasteiger partial charge in [-0.2, -0.15) is 0 Å². The number of aryl methyl sites for hydroxylation is 2. The van der Waals surface area contributed by atoms with Gasteiger partial charge >= 0.3 is 5.97 Å². The highest BCUT2D eigenvalue weighted by Crippen LogP contribution is 2.30. The molecule has 1 heterocycles. The van der Waals surface area contributed by atoms with E-state index in [0.29, 0.717) is 37.7 Å². The highest BCUT2D eigenvalue weighted by atomic mass is 35.5. The molecule has 0 amide bonds. The van der Waals surface area contributed by atoms with Gasteiger partial charge in [-0.15, -0.1) is 0 Å². The Hall–Kier alpha value is -3.08. The summed E-state index contributed by atoms with van der Waals surface area (Å²) in [7, 11) is 0. The fourth-order valence-electron chi connectivity index (χ4n) is 3.10. The number of benzene rings is 3. The maximum atomic E-state index is 12.9. The number of carbonyl (C=O) groups excluding carboxylic acids is 1. The van der Waals surface area contributed by atoms with Gasteiger partial charge in [-0.25, -0.2) is 4.79 Å². The van der Waals surface area contributed by atoms with Crippen LogP contribution in [0.25, 0.3) is 22.1 Å². The van der Waals surface area contributed by atoms with E-state index < -0.39 is 5.97 Å². The summed E-state index contributed by atoms with van der Waals surface area (Å²) < 4.78 is 11.1. The second-order valence-corrected chi connectivity index (χ2v) is 7.79. The van der Waals surface area contributed by atoms with Gasteiger partial charge in [0.1, 0.15) is 17.6 Å². The predicted molar refractivity (Wildman–Crippen MR) is 119 cm³/mol. The molecule has 1 aromatic heterocycles. The quantitative estimate of drug-likeness (QED) is 0.267. The second-order valence-electron chi connectivity index (χ2n) is 6.95. The van der Waals surface area contributed by atoms with E-state index >= 15 is 0 Å². The van der Waals surface area contributed by atoms with E-state index in [0.717, 1.165) is 11.1 Å². The largest absolute Gasteiger partial charge is 0.463 e. The summed E-state index contributed by atoms with van der Waals surface area (Å²) in [6, 6.07) is 14.9. The average molecular weight is 439 g/mol. The van der Waals surface area contributed by atoms with Crippen molar-refractivity contribution in [3.8, 4) is 16.9 Å². The van der Waals surface area contributed by atoms with Gasteiger partial charge < -0.3 is 9.15 Å². The third-order valence-electron chi connectivity index (χ3n) is 4.92. The van der Waals surface area contributed by atoms with Crippen LogP contribution in [-0.4, -0.2) is 5.97 Å². The minimum Gasteiger partial charge on any atom is -0.463 e.